The fourth-order valence-corrected chi connectivity index (χ4v) is 3.58. The van der Waals surface area contributed by atoms with Crippen LogP contribution in [0.25, 0.3) is 11.4 Å². The standard InChI is InChI=1S/C17H13BrCl2N4OS/c1-24-16(11-4-2-3-5-13(11)19)22-23-17(24)26-9-15(25)21-10-6-7-12(18)14(20)8-10/h2-8H,9H2,1H3,(H,21,25). The number of halogens is 3. The smallest absolute Gasteiger partial charge is 0.234 e. The number of nitrogens with zero attached hydrogens (tertiary/aromatic N) is 3. The van der Waals surface area contributed by atoms with Gasteiger partial charge in [0.2, 0.25) is 5.91 Å². The van der Waals surface area contributed by atoms with E-state index in [4.69, 9.17) is 23.2 Å². The maximum atomic E-state index is 12.2. The number of thioether (sulfide) groups is 1. The van der Waals surface area contributed by atoms with Crippen LogP contribution in [-0.4, -0.2) is 26.4 Å². The van der Waals surface area contributed by atoms with Crippen molar-refractivity contribution in [3.63, 3.8) is 0 Å². The van der Waals surface area contributed by atoms with Gasteiger partial charge in [-0.3, -0.25) is 4.79 Å². The molecule has 0 aliphatic heterocycles. The lowest BCUT2D eigenvalue weighted by Crippen LogP contribution is -2.14. The maximum absolute atomic E-state index is 12.2. The number of hydrogen-bond acceptors (Lipinski definition) is 4. The Morgan fingerprint density at radius 2 is 1.96 bits per heavy atom. The van der Waals surface area contributed by atoms with Crippen molar-refractivity contribution in [1.29, 1.82) is 0 Å². The zero-order valence-corrected chi connectivity index (χ0v) is 17.5. The maximum Gasteiger partial charge on any atom is 0.234 e. The molecule has 0 spiro atoms. The number of aromatic nitrogens is 3. The van der Waals surface area contributed by atoms with Crippen LogP contribution in [0.15, 0.2) is 52.1 Å². The summed E-state index contributed by atoms with van der Waals surface area (Å²) in [5, 5.41) is 12.9. The van der Waals surface area contributed by atoms with Gasteiger partial charge < -0.3 is 9.88 Å². The van der Waals surface area contributed by atoms with E-state index in [1.807, 2.05) is 29.8 Å². The summed E-state index contributed by atoms with van der Waals surface area (Å²) >= 11 is 16.9. The van der Waals surface area contributed by atoms with Crippen molar-refractivity contribution in [2.45, 2.75) is 5.16 Å². The number of benzene rings is 2. The molecule has 3 rings (SSSR count). The first-order valence-corrected chi connectivity index (χ1v) is 10.0. The topological polar surface area (TPSA) is 59.8 Å². The Kier molecular flexibility index (Phi) is 6.24. The van der Waals surface area contributed by atoms with Crippen molar-refractivity contribution in [1.82, 2.24) is 14.8 Å². The molecule has 0 saturated heterocycles. The first kappa shape index (κ1) is 19.2. The number of anilines is 1. The number of amides is 1. The molecule has 5 nitrogen and oxygen atoms in total. The summed E-state index contributed by atoms with van der Waals surface area (Å²) in [5.74, 6) is 0.691. The van der Waals surface area contributed by atoms with Crippen LogP contribution in [0.1, 0.15) is 0 Å². The first-order chi connectivity index (χ1) is 12.5. The second-order valence-electron chi connectivity index (χ2n) is 5.31. The van der Waals surface area contributed by atoms with Crippen molar-refractivity contribution >= 4 is 62.5 Å². The molecule has 1 heterocycles. The van der Waals surface area contributed by atoms with Crippen LogP contribution in [0.3, 0.4) is 0 Å². The van der Waals surface area contributed by atoms with E-state index in [0.29, 0.717) is 26.7 Å². The lowest BCUT2D eigenvalue weighted by molar-refractivity contribution is -0.113. The highest BCUT2D eigenvalue weighted by Crippen LogP contribution is 2.29. The van der Waals surface area contributed by atoms with Crippen LogP contribution < -0.4 is 5.32 Å². The molecule has 9 heteroatoms. The van der Waals surface area contributed by atoms with Gasteiger partial charge in [-0.1, -0.05) is 47.1 Å². The molecule has 0 bridgehead atoms. The Bertz CT molecular complexity index is 964. The summed E-state index contributed by atoms with van der Waals surface area (Å²) in [7, 11) is 1.84. The van der Waals surface area contributed by atoms with Gasteiger partial charge in [0, 0.05) is 22.8 Å². The van der Waals surface area contributed by atoms with Gasteiger partial charge in [0.15, 0.2) is 11.0 Å². The van der Waals surface area contributed by atoms with Crippen molar-refractivity contribution in [2.24, 2.45) is 7.05 Å². The van der Waals surface area contributed by atoms with Gasteiger partial charge >= 0.3 is 0 Å². The SMILES string of the molecule is Cn1c(SCC(=O)Nc2ccc(Br)c(Cl)c2)nnc1-c1ccccc1Cl. The summed E-state index contributed by atoms with van der Waals surface area (Å²) in [6, 6.07) is 12.7. The first-order valence-electron chi connectivity index (χ1n) is 7.47. The zero-order valence-electron chi connectivity index (χ0n) is 13.5. The van der Waals surface area contributed by atoms with Gasteiger partial charge in [-0.15, -0.1) is 10.2 Å². The molecule has 134 valence electrons. The molecule has 26 heavy (non-hydrogen) atoms. The molecular formula is C17H13BrCl2N4OS. The van der Waals surface area contributed by atoms with Gasteiger partial charge in [0.05, 0.1) is 15.8 Å². The molecule has 3 aromatic rings. The molecule has 1 N–H and O–H groups in total. The molecule has 0 aliphatic carbocycles. The molecule has 0 unspecified atom stereocenters. The fourth-order valence-electron chi connectivity index (χ4n) is 2.22. The van der Waals surface area contributed by atoms with Gasteiger partial charge in [-0.05, 0) is 46.3 Å². The molecule has 0 aliphatic rings. The predicted molar refractivity (Wildman–Crippen MR) is 110 cm³/mol. The van der Waals surface area contributed by atoms with Gasteiger partial charge in [-0.2, -0.15) is 0 Å². The van der Waals surface area contributed by atoms with E-state index in [-0.39, 0.29) is 11.7 Å². The van der Waals surface area contributed by atoms with E-state index in [1.54, 1.807) is 24.3 Å². The summed E-state index contributed by atoms with van der Waals surface area (Å²) in [6.45, 7) is 0. The molecule has 0 atom stereocenters. The average molecular weight is 472 g/mol. The number of hydrogen-bond donors (Lipinski definition) is 1. The number of rotatable bonds is 5. The van der Waals surface area contributed by atoms with Gasteiger partial charge in [0.1, 0.15) is 0 Å². The molecular weight excluding hydrogens is 459 g/mol. The van der Waals surface area contributed by atoms with Crippen LogP contribution in [0.4, 0.5) is 5.69 Å². The molecule has 0 saturated carbocycles. The van der Waals surface area contributed by atoms with Crippen molar-refractivity contribution in [2.75, 3.05) is 11.1 Å². The highest BCUT2D eigenvalue weighted by molar-refractivity contribution is 9.10. The van der Waals surface area contributed by atoms with E-state index in [9.17, 15) is 4.79 Å². The molecule has 1 aromatic heterocycles. The Balaban J connectivity index is 1.66. The lowest BCUT2D eigenvalue weighted by Gasteiger charge is -2.07. The summed E-state index contributed by atoms with van der Waals surface area (Å²) in [4.78, 5) is 12.2. The second kappa shape index (κ2) is 8.43. The summed E-state index contributed by atoms with van der Waals surface area (Å²) in [6.07, 6.45) is 0. The number of carbonyl (C=O) groups is 1. The fraction of sp³-hybridized carbons (Fsp3) is 0.118. The van der Waals surface area contributed by atoms with Crippen molar-refractivity contribution < 1.29 is 4.79 Å². The normalized spacial score (nSPS) is 10.8. The minimum absolute atomic E-state index is 0.157. The minimum atomic E-state index is -0.157. The predicted octanol–water partition coefficient (Wildman–Crippen LogP) is 5.28. The van der Waals surface area contributed by atoms with Crippen LogP contribution in [0.5, 0.6) is 0 Å². The second-order valence-corrected chi connectivity index (χ2v) is 7.92. The Hall–Kier alpha value is -1.54. The van der Waals surface area contributed by atoms with E-state index in [1.165, 1.54) is 11.8 Å². The monoisotopic (exact) mass is 470 g/mol. The lowest BCUT2D eigenvalue weighted by atomic mass is 10.2. The van der Waals surface area contributed by atoms with Crippen LogP contribution in [0.2, 0.25) is 10.0 Å². The molecule has 0 fully saturated rings. The van der Waals surface area contributed by atoms with Gasteiger partial charge in [-0.25, -0.2) is 0 Å². The highest BCUT2D eigenvalue weighted by atomic mass is 79.9. The summed E-state index contributed by atoms with van der Waals surface area (Å²) < 4.78 is 2.59. The van der Waals surface area contributed by atoms with Crippen LogP contribution in [0, 0.1) is 0 Å². The quantitative estimate of drug-likeness (QED) is 0.514. The average Bonchev–Trinajstić information content (AvgIpc) is 2.97. The Morgan fingerprint density at radius 1 is 1.19 bits per heavy atom. The number of carbonyl (C=O) groups excluding carboxylic acids is 1. The molecule has 0 radical (unpaired) electrons. The summed E-state index contributed by atoms with van der Waals surface area (Å²) in [5.41, 5.74) is 1.43. The number of nitrogens with one attached hydrogen (secondary N) is 1. The Morgan fingerprint density at radius 3 is 2.69 bits per heavy atom. The third-order valence-corrected chi connectivity index (χ3v) is 6.07. The highest BCUT2D eigenvalue weighted by Gasteiger charge is 2.15. The molecule has 1 amide bonds. The van der Waals surface area contributed by atoms with E-state index in [2.05, 4.69) is 31.4 Å². The van der Waals surface area contributed by atoms with E-state index >= 15 is 0 Å². The van der Waals surface area contributed by atoms with Crippen molar-refractivity contribution in [3.05, 3.63) is 57.0 Å². The zero-order chi connectivity index (χ0) is 18.7. The van der Waals surface area contributed by atoms with E-state index < -0.39 is 0 Å². The minimum Gasteiger partial charge on any atom is -0.325 e. The third-order valence-electron chi connectivity index (χ3n) is 3.49. The van der Waals surface area contributed by atoms with Crippen LogP contribution >= 0.6 is 50.9 Å². The van der Waals surface area contributed by atoms with Gasteiger partial charge in [0.25, 0.3) is 0 Å². The third kappa shape index (κ3) is 4.40. The Labute approximate surface area is 173 Å². The van der Waals surface area contributed by atoms with E-state index in [0.717, 1.165) is 10.0 Å². The van der Waals surface area contributed by atoms with Crippen molar-refractivity contribution in [3.8, 4) is 11.4 Å². The molecule has 2 aromatic carbocycles. The largest absolute Gasteiger partial charge is 0.325 e. The van der Waals surface area contributed by atoms with Crippen LogP contribution in [-0.2, 0) is 11.8 Å².